The molecule has 0 saturated carbocycles. The molecule has 0 bridgehead atoms. The quantitative estimate of drug-likeness (QED) is 0.457. The van der Waals surface area contributed by atoms with Gasteiger partial charge in [-0.25, -0.2) is 22.2 Å². The Labute approximate surface area is 195 Å². The van der Waals surface area contributed by atoms with E-state index in [0.29, 0.717) is 18.4 Å². The van der Waals surface area contributed by atoms with Gasteiger partial charge in [0.15, 0.2) is 0 Å². The summed E-state index contributed by atoms with van der Waals surface area (Å²) >= 11 is 0. The van der Waals surface area contributed by atoms with Gasteiger partial charge < -0.3 is 5.11 Å². The minimum absolute atomic E-state index is 0.00694. The number of nitrogens with one attached hydrogen (secondary N) is 2. The number of aryl methyl sites for hydroxylation is 1. The molecule has 2 aromatic carbocycles. The number of nitrogens with zero attached hydrogens (tertiary/aromatic N) is 1. The van der Waals surface area contributed by atoms with Gasteiger partial charge in [0.1, 0.15) is 12.3 Å². The van der Waals surface area contributed by atoms with Gasteiger partial charge in [0.25, 0.3) is 5.91 Å². The number of sulfonamides is 1. The molecule has 1 amide bonds. The first kappa shape index (κ1) is 25.0. The fraction of sp³-hybridized carbons (Fsp3) is 0.409. The number of rotatable bonds is 9. The Kier molecular flexibility index (Phi) is 7.06. The lowest BCUT2D eigenvalue weighted by Crippen LogP contribution is -2.29. The maximum Gasteiger partial charge on any atom is 0.326 e. The molecule has 2 aromatic rings. The second-order valence-electron chi connectivity index (χ2n) is 8.62. The van der Waals surface area contributed by atoms with Crippen LogP contribution in [0.15, 0.2) is 47.4 Å². The van der Waals surface area contributed by atoms with Gasteiger partial charge in [0.05, 0.1) is 10.6 Å². The first-order valence-corrected chi connectivity index (χ1v) is 13.5. The lowest BCUT2D eigenvalue weighted by Gasteiger charge is -2.23. The minimum Gasteiger partial charge on any atom is -0.506 e. The number of hydrogen-bond donors (Lipinski definition) is 3. The van der Waals surface area contributed by atoms with Crippen molar-refractivity contribution < 1.29 is 26.7 Å². The number of carbonyl (C=O) groups excluding carboxylic acids is 1. The summed E-state index contributed by atoms with van der Waals surface area (Å²) in [7, 11) is -7.64. The number of phenols is 1. The number of phenolic OH excluding ortho intramolecular Hbond substituents is 1. The summed E-state index contributed by atoms with van der Waals surface area (Å²) in [6.45, 7) is 6.12. The van der Waals surface area contributed by atoms with Crippen molar-refractivity contribution in [2.75, 3.05) is 17.4 Å². The third kappa shape index (κ3) is 5.66. The Morgan fingerprint density at radius 3 is 2.36 bits per heavy atom. The smallest absolute Gasteiger partial charge is 0.326 e. The highest BCUT2D eigenvalue weighted by molar-refractivity contribution is 7.92. The van der Waals surface area contributed by atoms with Crippen molar-refractivity contribution in [2.24, 2.45) is 0 Å². The molecule has 0 spiro atoms. The monoisotopic (exact) mass is 495 g/mol. The highest BCUT2D eigenvalue weighted by Gasteiger charge is 2.35. The first-order valence-electron chi connectivity index (χ1n) is 10.6. The normalized spacial score (nSPS) is 16.1. The third-order valence-corrected chi connectivity index (χ3v) is 8.76. The summed E-state index contributed by atoms with van der Waals surface area (Å²) in [6.07, 6.45) is 1.88. The molecule has 1 saturated heterocycles. The molecule has 1 fully saturated rings. The van der Waals surface area contributed by atoms with Crippen LogP contribution in [-0.2, 0) is 36.9 Å². The Balaban J connectivity index is 1.57. The maximum absolute atomic E-state index is 12.6. The van der Waals surface area contributed by atoms with Gasteiger partial charge in [-0.2, -0.15) is 8.42 Å². The fourth-order valence-corrected chi connectivity index (χ4v) is 5.71. The summed E-state index contributed by atoms with van der Waals surface area (Å²) < 4.78 is 54.2. The molecule has 1 aliphatic heterocycles. The minimum atomic E-state index is -4.00. The van der Waals surface area contributed by atoms with Crippen LogP contribution in [0.4, 0.5) is 5.69 Å². The summed E-state index contributed by atoms with van der Waals surface area (Å²) in [5.74, 6) is -0.947. The van der Waals surface area contributed by atoms with E-state index >= 15 is 0 Å². The Morgan fingerprint density at radius 2 is 1.82 bits per heavy atom. The third-order valence-electron chi connectivity index (χ3n) is 5.89. The molecule has 9 nitrogen and oxygen atoms in total. The summed E-state index contributed by atoms with van der Waals surface area (Å²) in [4.78, 5) is 11.6. The average molecular weight is 496 g/mol. The molecule has 0 aromatic heterocycles. The molecule has 0 radical (unpaired) electrons. The fourth-order valence-electron chi connectivity index (χ4n) is 3.47. The summed E-state index contributed by atoms with van der Waals surface area (Å²) in [5.41, 5.74) is 1.76. The van der Waals surface area contributed by atoms with Gasteiger partial charge in [-0.05, 0) is 60.1 Å². The van der Waals surface area contributed by atoms with Gasteiger partial charge in [-0.1, -0.05) is 39.0 Å². The topological polar surface area (TPSA) is 133 Å². The van der Waals surface area contributed by atoms with Crippen LogP contribution in [0.25, 0.3) is 0 Å². The second kappa shape index (κ2) is 9.32. The molecule has 1 heterocycles. The molecular weight excluding hydrogens is 466 g/mol. The van der Waals surface area contributed by atoms with Gasteiger partial charge >= 0.3 is 10.2 Å². The maximum atomic E-state index is 12.6. The van der Waals surface area contributed by atoms with Gasteiger partial charge in [-0.15, -0.1) is 0 Å². The molecule has 0 aliphatic carbocycles. The SMILES string of the molecule is CCC(C)(C)c1ccc(S(=O)(=O)NCCCc2ccc(N3CC(=O)NS3(=O)=O)c(O)c2)cc1. The van der Waals surface area contributed by atoms with E-state index in [1.807, 2.05) is 16.9 Å². The lowest BCUT2D eigenvalue weighted by molar-refractivity contribution is -0.117. The molecular formula is C22H29N3O6S2. The molecule has 0 atom stereocenters. The van der Waals surface area contributed by atoms with Crippen molar-refractivity contribution in [1.29, 1.82) is 0 Å². The van der Waals surface area contributed by atoms with Crippen LogP contribution >= 0.6 is 0 Å². The van der Waals surface area contributed by atoms with Crippen LogP contribution in [0.3, 0.4) is 0 Å². The molecule has 1 aliphatic rings. The molecule has 11 heteroatoms. The van der Waals surface area contributed by atoms with E-state index in [1.165, 1.54) is 12.1 Å². The van der Waals surface area contributed by atoms with E-state index in [2.05, 4.69) is 25.5 Å². The number of benzene rings is 2. The van der Waals surface area contributed by atoms with E-state index in [0.717, 1.165) is 16.3 Å². The van der Waals surface area contributed by atoms with Gasteiger partial charge in [0.2, 0.25) is 10.0 Å². The lowest BCUT2D eigenvalue weighted by atomic mass is 9.82. The van der Waals surface area contributed by atoms with Crippen LogP contribution in [0, 0.1) is 0 Å². The first-order chi connectivity index (χ1) is 15.4. The number of amides is 1. The number of carbonyl (C=O) groups is 1. The van der Waals surface area contributed by atoms with Crippen molar-refractivity contribution >= 4 is 31.8 Å². The molecule has 0 unspecified atom stereocenters. The average Bonchev–Trinajstić information content (AvgIpc) is 3.03. The standard InChI is InChI=1S/C22H29N3O6S2/c1-4-22(2,3)17-8-10-18(11-9-17)32(28,29)23-13-5-6-16-7-12-19(20(26)14-16)25-15-21(27)24-33(25,30)31/h7-12,14,23,26H,4-6,13,15H2,1-3H3,(H,24,27). The second-order valence-corrected chi connectivity index (χ2v) is 12.0. The van der Waals surface area contributed by atoms with E-state index in [4.69, 9.17) is 0 Å². The number of anilines is 1. The van der Waals surface area contributed by atoms with E-state index in [9.17, 15) is 26.7 Å². The van der Waals surface area contributed by atoms with Crippen LogP contribution in [-0.4, -0.2) is 40.9 Å². The summed E-state index contributed by atoms with van der Waals surface area (Å²) in [6, 6.07) is 11.4. The van der Waals surface area contributed by atoms with Crippen molar-refractivity contribution in [1.82, 2.24) is 9.44 Å². The largest absolute Gasteiger partial charge is 0.506 e. The zero-order chi connectivity index (χ0) is 24.4. The van der Waals surface area contributed by atoms with Crippen molar-refractivity contribution in [2.45, 2.75) is 50.3 Å². The predicted molar refractivity (Wildman–Crippen MR) is 126 cm³/mol. The van der Waals surface area contributed by atoms with Gasteiger partial charge in [0, 0.05) is 6.54 Å². The van der Waals surface area contributed by atoms with Crippen LogP contribution < -0.4 is 13.7 Å². The van der Waals surface area contributed by atoms with Crippen molar-refractivity contribution in [3.05, 3.63) is 53.6 Å². The number of aromatic hydroxyl groups is 1. The Morgan fingerprint density at radius 1 is 1.15 bits per heavy atom. The van der Waals surface area contributed by atoms with Crippen LogP contribution in [0.1, 0.15) is 44.7 Å². The van der Waals surface area contributed by atoms with Crippen LogP contribution in [0.5, 0.6) is 5.75 Å². The summed E-state index contributed by atoms with van der Waals surface area (Å²) in [5, 5.41) is 10.2. The van der Waals surface area contributed by atoms with Crippen LogP contribution in [0.2, 0.25) is 0 Å². The predicted octanol–water partition coefficient (Wildman–Crippen LogP) is 2.17. The van der Waals surface area contributed by atoms with Gasteiger partial charge in [-0.3, -0.25) is 4.79 Å². The van der Waals surface area contributed by atoms with E-state index in [1.54, 1.807) is 18.2 Å². The molecule has 33 heavy (non-hydrogen) atoms. The molecule has 3 N–H and O–H groups in total. The number of hydrogen-bond acceptors (Lipinski definition) is 6. The molecule has 3 rings (SSSR count). The molecule has 180 valence electrons. The highest BCUT2D eigenvalue weighted by Crippen LogP contribution is 2.31. The zero-order valence-corrected chi connectivity index (χ0v) is 20.5. The van der Waals surface area contributed by atoms with Crippen molar-refractivity contribution in [3.8, 4) is 5.75 Å². The van der Waals surface area contributed by atoms with Crippen molar-refractivity contribution in [3.63, 3.8) is 0 Å². The zero-order valence-electron chi connectivity index (χ0n) is 18.8. The Hall–Kier alpha value is -2.63. The highest BCUT2D eigenvalue weighted by atomic mass is 32.2. The van der Waals surface area contributed by atoms with E-state index in [-0.39, 0.29) is 28.3 Å². The van der Waals surface area contributed by atoms with E-state index < -0.39 is 32.7 Å². The Bertz CT molecular complexity index is 1240.